The van der Waals surface area contributed by atoms with Gasteiger partial charge >= 0.3 is 0 Å². The molecule has 0 saturated heterocycles. The van der Waals surface area contributed by atoms with Gasteiger partial charge in [-0.05, 0) is 133 Å². The Bertz CT molecular complexity index is 2980. The van der Waals surface area contributed by atoms with E-state index < -0.39 is 0 Å². The number of hydrogen-bond acceptors (Lipinski definition) is 4. The maximum atomic E-state index is 5.62. The number of hydrogen-bond donors (Lipinski definition) is 0. The summed E-state index contributed by atoms with van der Waals surface area (Å²) in [6.07, 6.45) is 0. The Morgan fingerprint density at radius 1 is 0.304 bits per heavy atom. The van der Waals surface area contributed by atoms with Gasteiger partial charge in [0.1, 0.15) is 11.5 Å². The topological polar surface area (TPSA) is 24.9 Å². The van der Waals surface area contributed by atoms with Gasteiger partial charge in [-0.3, -0.25) is 0 Å². The minimum atomic E-state index is 0.817. The molecule has 56 heavy (non-hydrogen) atoms. The molecule has 0 unspecified atom stereocenters. The van der Waals surface area contributed by atoms with Gasteiger partial charge in [0, 0.05) is 33.5 Å². The van der Waals surface area contributed by atoms with Crippen LogP contribution in [0, 0.1) is 0 Å². The normalized spacial score (nSPS) is 11.8. The molecular weight excluding hydrogens is 685 g/mol. The van der Waals surface area contributed by atoms with Crippen molar-refractivity contribution in [3.05, 3.63) is 182 Å². The summed E-state index contributed by atoms with van der Waals surface area (Å²) in [5.41, 5.74) is 6.37. The molecule has 0 heterocycles. The first-order valence-electron chi connectivity index (χ1n) is 19.0. The number of methoxy groups -OCH3 is 2. The maximum Gasteiger partial charge on any atom is 0.119 e. The van der Waals surface area contributed by atoms with Crippen molar-refractivity contribution in [3.8, 4) is 11.5 Å². The van der Waals surface area contributed by atoms with Crippen LogP contribution < -0.4 is 19.3 Å². The molecule has 0 amide bonds. The molecule has 0 aromatic heterocycles. The molecule has 0 fully saturated rings. The van der Waals surface area contributed by atoms with Gasteiger partial charge in [-0.1, -0.05) is 103 Å². The van der Waals surface area contributed by atoms with Gasteiger partial charge in [-0.15, -0.1) is 0 Å². The van der Waals surface area contributed by atoms with E-state index in [0.29, 0.717) is 0 Å². The fraction of sp³-hybridized carbons (Fsp3) is 0.0385. The molecule has 266 valence electrons. The summed E-state index contributed by atoms with van der Waals surface area (Å²) >= 11 is 0. The highest BCUT2D eigenvalue weighted by molar-refractivity contribution is 6.27. The molecule has 0 bridgehead atoms. The average Bonchev–Trinajstić information content (AvgIpc) is 3.26. The second kappa shape index (κ2) is 12.6. The summed E-state index contributed by atoms with van der Waals surface area (Å²) in [4.78, 5) is 4.76. The fourth-order valence-electron chi connectivity index (χ4n) is 8.92. The van der Waals surface area contributed by atoms with Crippen molar-refractivity contribution >= 4 is 98.8 Å². The summed E-state index contributed by atoms with van der Waals surface area (Å²) in [6.45, 7) is 0. The van der Waals surface area contributed by atoms with E-state index in [1.165, 1.54) is 64.6 Å². The van der Waals surface area contributed by atoms with E-state index in [2.05, 4.69) is 168 Å². The van der Waals surface area contributed by atoms with E-state index in [4.69, 9.17) is 9.47 Å². The molecule has 11 aromatic rings. The molecule has 0 aliphatic heterocycles. The summed E-state index contributed by atoms with van der Waals surface area (Å²) in [5.74, 6) is 1.63. The van der Waals surface area contributed by atoms with Gasteiger partial charge in [0.05, 0.1) is 25.6 Å². The summed E-state index contributed by atoms with van der Waals surface area (Å²) < 4.78 is 11.2. The van der Waals surface area contributed by atoms with Gasteiger partial charge < -0.3 is 19.3 Å². The van der Waals surface area contributed by atoms with Crippen molar-refractivity contribution in [2.75, 3.05) is 24.0 Å². The van der Waals surface area contributed by atoms with Gasteiger partial charge in [0.2, 0.25) is 0 Å². The molecule has 0 aliphatic rings. The summed E-state index contributed by atoms with van der Waals surface area (Å²) in [7, 11) is 3.42. The molecule has 0 saturated carbocycles. The van der Waals surface area contributed by atoms with Crippen LogP contribution in [0.15, 0.2) is 182 Å². The largest absolute Gasteiger partial charge is 0.497 e. The Hall–Kier alpha value is -7.30. The lowest BCUT2D eigenvalue weighted by Gasteiger charge is -2.31. The third-order valence-electron chi connectivity index (χ3n) is 11.5. The van der Waals surface area contributed by atoms with Crippen LogP contribution in [0.2, 0.25) is 0 Å². The first kappa shape index (κ1) is 32.2. The third-order valence-corrected chi connectivity index (χ3v) is 11.5. The Balaban J connectivity index is 1.16. The summed E-state index contributed by atoms with van der Waals surface area (Å²) in [5, 5.41) is 15.0. The lowest BCUT2D eigenvalue weighted by atomic mass is 9.93. The SMILES string of the molecule is COc1ccc(N(c2cccc(N(c3ccc(OC)cc3)c3ccc4ccc5cccc6ccc3c4c56)c2)c2ccc3ccc4cccc5ccc2c3c45)cc1. The van der Waals surface area contributed by atoms with Crippen LogP contribution in [0.3, 0.4) is 0 Å². The molecule has 11 aromatic carbocycles. The molecule has 0 N–H and O–H groups in total. The first-order chi connectivity index (χ1) is 27.7. The molecule has 11 rings (SSSR count). The van der Waals surface area contributed by atoms with Gasteiger partial charge in [-0.25, -0.2) is 0 Å². The number of benzene rings is 11. The number of ether oxygens (including phenoxy) is 2. The van der Waals surface area contributed by atoms with E-state index >= 15 is 0 Å². The minimum absolute atomic E-state index is 0.817. The van der Waals surface area contributed by atoms with E-state index in [1.54, 1.807) is 14.2 Å². The first-order valence-corrected chi connectivity index (χ1v) is 19.0. The zero-order valence-corrected chi connectivity index (χ0v) is 31.0. The predicted molar refractivity (Wildman–Crippen MR) is 236 cm³/mol. The van der Waals surface area contributed by atoms with Crippen LogP contribution in [0.5, 0.6) is 11.5 Å². The van der Waals surface area contributed by atoms with Crippen molar-refractivity contribution in [1.82, 2.24) is 0 Å². The maximum absolute atomic E-state index is 5.62. The number of rotatable bonds is 8. The molecule has 4 nitrogen and oxygen atoms in total. The highest BCUT2D eigenvalue weighted by atomic mass is 16.5. The van der Waals surface area contributed by atoms with E-state index in [9.17, 15) is 0 Å². The molecule has 0 spiro atoms. The summed E-state index contributed by atoms with van der Waals surface area (Å²) in [6, 6.07) is 65.9. The zero-order valence-electron chi connectivity index (χ0n) is 31.0. The lowest BCUT2D eigenvalue weighted by Crippen LogP contribution is -2.14. The van der Waals surface area contributed by atoms with Crippen molar-refractivity contribution < 1.29 is 9.47 Å². The van der Waals surface area contributed by atoms with Crippen LogP contribution in [-0.4, -0.2) is 14.2 Å². The smallest absolute Gasteiger partial charge is 0.119 e. The Labute approximate surface area is 324 Å². The van der Waals surface area contributed by atoms with Gasteiger partial charge in [0.15, 0.2) is 0 Å². The standard InChI is InChI=1S/C52H36N2O2/c1-55-43-24-20-39(21-25-43)53(47-30-18-37-14-12-33-6-3-8-35-16-28-45(47)51(37)49(33)35)41-10-5-11-42(32-41)54(40-22-26-44(56-2)27-23-40)48-31-19-38-15-13-34-7-4-9-36-17-29-46(48)52(38)50(34)36/h3-32H,1-2H3. The quantitative estimate of drug-likeness (QED) is 0.146. The van der Waals surface area contributed by atoms with Gasteiger partial charge in [-0.2, -0.15) is 0 Å². The van der Waals surface area contributed by atoms with Crippen molar-refractivity contribution in [1.29, 1.82) is 0 Å². The minimum Gasteiger partial charge on any atom is -0.497 e. The Morgan fingerprint density at radius 3 is 1.04 bits per heavy atom. The van der Waals surface area contributed by atoms with Crippen LogP contribution >= 0.6 is 0 Å². The van der Waals surface area contributed by atoms with Crippen molar-refractivity contribution in [2.45, 2.75) is 0 Å². The Morgan fingerprint density at radius 2 is 0.643 bits per heavy atom. The zero-order chi connectivity index (χ0) is 37.3. The second-order valence-corrected chi connectivity index (χ2v) is 14.5. The van der Waals surface area contributed by atoms with Crippen LogP contribution in [0.25, 0.3) is 64.6 Å². The fourth-order valence-corrected chi connectivity index (χ4v) is 8.92. The Kier molecular flexibility index (Phi) is 7.26. The number of anilines is 6. The third kappa shape index (κ3) is 4.93. The van der Waals surface area contributed by atoms with Crippen LogP contribution in [0.1, 0.15) is 0 Å². The van der Waals surface area contributed by atoms with E-state index in [1.807, 2.05) is 24.3 Å². The highest BCUT2D eigenvalue weighted by Crippen LogP contribution is 2.48. The van der Waals surface area contributed by atoms with Crippen LogP contribution in [-0.2, 0) is 0 Å². The van der Waals surface area contributed by atoms with Crippen molar-refractivity contribution in [3.63, 3.8) is 0 Å². The monoisotopic (exact) mass is 720 g/mol. The average molecular weight is 721 g/mol. The van der Waals surface area contributed by atoms with Crippen molar-refractivity contribution in [2.24, 2.45) is 0 Å². The molecule has 0 atom stereocenters. The number of nitrogens with zero attached hydrogens (tertiary/aromatic N) is 2. The lowest BCUT2D eigenvalue weighted by molar-refractivity contribution is 0.414. The van der Waals surface area contributed by atoms with Gasteiger partial charge in [0.25, 0.3) is 0 Å². The van der Waals surface area contributed by atoms with Crippen LogP contribution in [0.4, 0.5) is 34.1 Å². The molecule has 0 radical (unpaired) electrons. The molecule has 0 aliphatic carbocycles. The highest BCUT2D eigenvalue weighted by Gasteiger charge is 2.22. The second-order valence-electron chi connectivity index (χ2n) is 14.5. The molecular formula is C52H36N2O2. The molecule has 4 heteroatoms. The van der Waals surface area contributed by atoms with E-state index in [0.717, 1.165) is 45.6 Å². The predicted octanol–water partition coefficient (Wildman–Crippen LogP) is 14.4. The van der Waals surface area contributed by atoms with E-state index in [-0.39, 0.29) is 0 Å².